The summed E-state index contributed by atoms with van der Waals surface area (Å²) in [6.07, 6.45) is 3.11. The van der Waals surface area contributed by atoms with Crippen molar-refractivity contribution in [2.45, 2.75) is 45.1 Å². The maximum absolute atomic E-state index is 6.91. The molecule has 0 fully saturated rings. The van der Waals surface area contributed by atoms with Crippen LogP contribution >= 0.6 is 22.7 Å². The molecule has 4 atom stereocenters. The molecular formula is C62H46N2OS2. The third-order valence-electron chi connectivity index (χ3n) is 15.1. The fourth-order valence-corrected chi connectivity index (χ4v) is 14.2. The van der Waals surface area contributed by atoms with E-state index in [4.69, 9.17) is 9.41 Å². The number of fused-ring (bicyclic) bond motifs is 13. The van der Waals surface area contributed by atoms with E-state index in [1.54, 1.807) is 0 Å². The van der Waals surface area contributed by atoms with Gasteiger partial charge in [0, 0.05) is 79.6 Å². The number of benzene rings is 9. The summed E-state index contributed by atoms with van der Waals surface area (Å²) in [6, 6.07) is 67.8. The first-order valence-electron chi connectivity index (χ1n) is 23.8. The molecule has 13 aromatic rings. The van der Waals surface area contributed by atoms with Gasteiger partial charge in [0.2, 0.25) is 0 Å². The molecule has 3 unspecified atom stereocenters. The van der Waals surface area contributed by atoms with Gasteiger partial charge in [-0.25, -0.2) is 0 Å². The van der Waals surface area contributed by atoms with E-state index in [-0.39, 0.29) is 17.9 Å². The molecule has 5 heterocycles. The van der Waals surface area contributed by atoms with Crippen LogP contribution in [0.4, 0.5) is 0 Å². The van der Waals surface area contributed by atoms with Crippen LogP contribution in [0.3, 0.4) is 0 Å². The number of hydrogen-bond donors (Lipinski definition) is 0. The Morgan fingerprint density at radius 3 is 1.96 bits per heavy atom. The van der Waals surface area contributed by atoms with Crippen LogP contribution in [0.5, 0.6) is 0 Å². The summed E-state index contributed by atoms with van der Waals surface area (Å²) in [5, 5.41) is 12.6. The molecule has 0 radical (unpaired) electrons. The minimum atomic E-state index is -0.120. The van der Waals surface area contributed by atoms with E-state index in [2.05, 4.69) is 200 Å². The number of para-hydroxylation sites is 2. The van der Waals surface area contributed by atoms with Gasteiger partial charge >= 0.3 is 0 Å². The van der Waals surface area contributed by atoms with Crippen molar-refractivity contribution in [1.82, 2.24) is 4.57 Å². The van der Waals surface area contributed by atoms with Gasteiger partial charge < -0.3 is 8.98 Å². The monoisotopic (exact) mass is 898 g/mol. The predicted molar refractivity (Wildman–Crippen MR) is 288 cm³/mol. The van der Waals surface area contributed by atoms with Crippen LogP contribution in [0, 0.1) is 11.8 Å². The van der Waals surface area contributed by atoms with Crippen molar-refractivity contribution in [2.24, 2.45) is 16.8 Å². The summed E-state index contributed by atoms with van der Waals surface area (Å²) in [6.45, 7) is 4.84. The Hall–Kier alpha value is -7.05. The molecule has 0 aliphatic carbocycles. The lowest BCUT2D eigenvalue weighted by atomic mass is 9.73. The summed E-state index contributed by atoms with van der Waals surface area (Å²) in [4.78, 5) is 6.24. The highest BCUT2D eigenvalue weighted by molar-refractivity contribution is 7.26. The van der Waals surface area contributed by atoms with E-state index in [1.807, 2.05) is 22.7 Å². The van der Waals surface area contributed by atoms with Crippen LogP contribution in [-0.4, -0.2) is 10.3 Å². The van der Waals surface area contributed by atoms with Gasteiger partial charge in [0.25, 0.3) is 0 Å². The van der Waals surface area contributed by atoms with Gasteiger partial charge in [-0.2, -0.15) is 0 Å². The van der Waals surface area contributed by atoms with Gasteiger partial charge in [-0.3, -0.25) is 4.99 Å². The van der Waals surface area contributed by atoms with Gasteiger partial charge in [0.1, 0.15) is 11.2 Å². The van der Waals surface area contributed by atoms with E-state index >= 15 is 0 Å². The Balaban J connectivity index is 1.02. The molecule has 14 rings (SSSR count). The number of aromatic nitrogens is 1. The van der Waals surface area contributed by atoms with Crippen LogP contribution < -0.4 is 0 Å². The molecule has 0 N–H and O–H groups in total. The highest BCUT2D eigenvalue weighted by Crippen LogP contribution is 2.48. The van der Waals surface area contributed by atoms with Crippen LogP contribution in [0.2, 0.25) is 0 Å². The van der Waals surface area contributed by atoms with Gasteiger partial charge in [0.05, 0.1) is 22.8 Å². The van der Waals surface area contributed by atoms with E-state index < -0.39 is 0 Å². The molecule has 0 spiro atoms. The zero-order valence-electron chi connectivity index (χ0n) is 37.4. The maximum atomic E-state index is 6.91. The first-order chi connectivity index (χ1) is 33.1. The van der Waals surface area contributed by atoms with Crippen LogP contribution in [0.15, 0.2) is 191 Å². The average molecular weight is 899 g/mol. The number of furan rings is 1. The number of nitrogens with zero attached hydrogens (tertiary/aromatic N) is 2. The zero-order chi connectivity index (χ0) is 44.3. The Morgan fingerprint density at radius 1 is 0.537 bits per heavy atom. The first-order valence-corrected chi connectivity index (χ1v) is 25.5. The Bertz CT molecular complexity index is 4160. The largest absolute Gasteiger partial charge is 0.456 e. The molecule has 1 aliphatic rings. The summed E-state index contributed by atoms with van der Waals surface area (Å²) in [5.74, 6) is 0.762. The second-order valence-corrected chi connectivity index (χ2v) is 21.0. The molecule has 5 heteroatoms. The topological polar surface area (TPSA) is 30.4 Å². The number of thiophene rings is 2. The number of rotatable bonds is 5. The molecule has 0 saturated heterocycles. The number of hydrogen-bond acceptors (Lipinski definition) is 4. The van der Waals surface area contributed by atoms with E-state index in [1.165, 1.54) is 101 Å². The molecule has 0 amide bonds. The van der Waals surface area contributed by atoms with Crippen molar-refractivity contribution in [2.75, 3.05) is 0 Å². The molecule has 1 aliphatic heterocycles. The van der Waals surface area contributed by atoms with E-state index in [0.29, 0.717) is 5.92 Å². The molecule has 67 heavy (non-hydrogen) atoms. The van der Waals surface area contributed by atoms with Gasteiger partial charge in [-0.1, -0.05) is 135 Å². The number of aliphatic imine (C=N–C) groups is 1. The Labute approximate surface area is 396 Å². The SMILES string of the molecule is CCC1C(c2ccc3c(c2)sc2ccccc23)=NC(c2cc(-n3c4ccccc4c4cc5ccccc5cc43)cc3oc4ccccc4c23)[C@H](C)CCC1c1ccc2c(c1)sc1ccccc12. The normalized spacial score (nSPS) is 18.3. The summed E-state index contributed by atoms with van der Waals surface area (Å²) < 4.78 is 14.7. The summed E-state index contributed by atoms with van der Waals surface area (Å²) in [5.41, 5.74) is 10.4. The van der Waals surface area contributed by atoms with Gasteiger partial charge in [-0.05, 0) is 113 Å². The third kappa shape index (κ3) is 6.11. The van der Waals surface area contributed by atoms with Crippen molar-refractivity contribution < 1.29 is 4.42 Å². The molecule has 322 valence electrons. The lowest BCUT2D eigenvalue weighted by Crippen LogP contribution is -2.28. The lowest BCUT2D eigenvalue weighted by Gasteiger charge is -2.35. The van der Waals surface area contributed by atoms with Crippen molar-refractivity contribution in [3.05, 3.63) is 199 Å². The zero-order valence-corrected chi connectivity index (χ0v) is 39.0. The smallest absolute Gasteiger partial charge is 0.137 e. The van der Waals surface area contributed by atoms with Crippen molar-refractivity contribution in [3.8, 4) is 5.69 Å². The highest BCUT2D eigenvalue weighted by atomic mass is 32.1. The van der Waals surface area contributed by atoms with Crippen LogP contribution in [-0.2, 0) is 0 Å². The molecular weight excluding hydrogens is 853 g/mol. The van der Waals surface area contributed by atoms with Crippen molar-refractivity contribution in [3.63, 3.8) is 0 Å². The minimum absolute atomic E-state index is 0.120. The third-order valence-corrected chi connectivity index (χ3v) is 17.4. The standard InChI is InChI=1S/C62H46N2OS2/c1-3-42-43(39-25-28-47-45-17-8-12-22-56(45)66-58(47)32-39)27-24-36(2)61(63-62(42)40-26-29-48-46-18-9-13-23-57(46)67-59(48)33-40)51-34-41(35-55-60(51)49-19-7-11-21-54(49)65-55)64-52-20-10-6-16-44(52)50-30-37-14-4-5-15-38(37)31-53(50)64/h4-23,25-26,28-36,42-43,61H,3,24,27H2,1-2H3/t36-,42?,43?,61?/m1/s1. The second kappa shape index (κ2) is 15.2. The van der Waals surface area contributed by atoms with Crippen LogP contribution in [0.25, 0.3) is 101 Å². The molecule has 3 nitrogen and oxygen atoms in total. The Kier molecular flexibility index (Phi) is 8.91. The minimum Gasteiger partial charge on any atom is -0.456 e. The van der Waals surface area contributed by atoms with Gasteiger partial charge in [0.15, 0.2) is 0 Å². The Morgan fingerprint density at radius 2 is 1.18 bits per heavy atom. The summed E-state index contributed by atoms with van der Waals surface area (Å²) in [7, 11) is 0. The fraction of sp³-hybridized carbons (Fsp3) is 0.145. The molecule has 9 aromatic carbocycles. The molecule has 0 saturated carbocycles. The maximum Gasteiger partial charge on any atom is 0.137 e. The quantitative estimate of drug-likeness (QED) is 0.169. The lowest BCUT2D eigenvalue weighted by molar-refractivity contribution is 0.363. The van der Waals surface area contributed by atoms with Crippen molar-refractivity contribution >= 4 is 123 Å². The van der Waals surface area contributed by atoms with Crippen LogP contribution in [0.1, 0.15) is 61.8 Å². The van der Waals surface area contributed by atoms with E-state index in [9.17, 15) is 0 Å². The summed E-state index contributed by atoms with van der Waals surface area (Å²) >= 11 is 3.82. The second-order valence-electron chi connectivity index (χ2n) is 18.9. The molecule has 4 aromatic heterocycles. The first kappa shape index (κ1) is 39.1. The van der Waals surface area contributed by atoms with Crippen molar-refractivity contribution in [1.29, 1.82) is 0 Å². The van der Waals surface area contributed by atoms with E-state index in [0.717, 1.165) is 41.5 Å². The predicted octanol–water partition coefficient (Wildman–Crippen LogP) is 18.3. The molecule has 0 bridgehead atoms. The average Bonchev–Trinajstić information content (AvgIpc) is 4.12. The van der Waals surface area contributed by atoms with Gasteiger partial charge in [-0.15, -0.1) is 22.7 Å². The highest BCUT2D eigenvalue weighted by Gasteiger charge is 2.35. The fourth-order valence-electron chi connectivity index (χ4n) is 11.9.